The first-order chi connectivity index (χ1) is 11.2. The molecule has 7 nitrogen and oxygen atoms in total. The number of amides is 1. The Morgan fingerprint density at radius 2 is 2.30 bits per heavy atom. The van der Waals surface area contributed by atoms with E-state index in [1.807, 2.05) is 24.3 Å². The van der Waals surface area contributed by atoms with Gasteiger partial charge in [-0.3, -0.25) is 9.89 Å². The lowest BCUT2D eigenvalue weighted by Gasteiger charge is -2.28. The second-order valence-electron chi connectivity index (χ2n) is 5.54. The predicted molar refractivity (Wildman–Crippen MR) is 85.3 cm³/mol. The quantitative estimate of drug-likeness (QED) is 0.660. The number of nitrogens with zero attached hydrogens (tertiary/aromatic N) is 1. The van der Waals surface area contributed by atoms with Crippen LogP contribution in [0.5, 0.6) is 5.75 Å². The Bertz CT molecular complexity index is 685. The van der Waals surface area contributed by atoms with Gasteiger partial charge in [-0.05, 0) is 31.2 Å². The second-order valence-corrected chi connectivity index (χ2v) is 5.54. The molecular weight excluding hydrogens is 296 g/mol. The molecule has 122 valence electrons. The third-order valence-electron chi connectivity index (χ3n) is 3.95. The molecule has 0 saturated carbocycles. The van der Waals surface area contributed by atoms with Crippen molar-refractivity contribution in [2.24, 2.45) is 0 Å². The first kappa shape index (κ1) is 15.5. The lowest BCUT2D eigenvalue weighted by atomic mass is 10.0. The Labute approximate surface area is 134 Å². The van der Waals surface area contributed by atoms with Gasteiger partial charge in [-0.1, -0.05) is 12.1 Å². The third kappa shape index (κ3) is 3.52. The van der Waals surface area contributed by atoms with Gasteiger partial charge >= 0.3 is 0 Å². The minimum absolute atomic E-state index is 0.278. The number of rotatable bonds is 4. The number of H-pyrrole nitrogens is 1. The largest absolute Gasteiger partial charge is 0.497 e. The summed E-state index contributed by atoms with van der Waals surface area (Å²) in [5.74, 6) is 0.451. The molecule has 1 fully saturated rings. The lowest BCUT2D eigenvalue weighted by molar-refractivity contribution is 0.0751. The van der Waals surface area contributed by atoms with Crippen LogP contribution in [0.25, 0.3) is 11.3 Å². The number of piperidine rings is 1. The molecular formula is C16H20N4O3. The van der Waals surface area contributed by atoms with E-state index < -0.39 is 6.10 Å². The predicted octanol–water partition coefficient (Wildman–Crippen LogP) is 0.538. The normalized spacial score (nSPS) is 21.0. The van der Waals surface area contributed by atoms with Gasteiger partial charge in [-0.25, -0.2) is 0 Å². The van der Waals surface area contributed by atoms with Crippen LogP contribution < -0.4 is 15.4 Å². The molecule has 7 heteroatoms. The van der Waals surface area contributed by atoms with Gasteiger partial charge in [-0.15, -0.1) is 0 Å². The Morgan fingerprint density at radius 1 is 1.43 bits per heavy atom. The Balaban J connectivity index is 1.72. The maximum absolute atomic E-state index is 12.3. The maximum atomic E-state index is 12.3. The van der Waals surface area contributed by atoms with Gasteiger partial charge in [0.1, 0.15) is 11.4 Å². The molecule has 3 rings (SSSR count). The Morgan fingerprint density at radius 3 is 3.09 bits per heavy atom. The Kier molecular flexibility index (Phi) is 4.59. The summed E-state index contributed by atoms with van der Waals surface area (Å²) in [5.41, 5.74) is 1.89. The van der Waals surface area contributed by atoms with E-state index in [1.54, 1.807) is 13.2 Å². The zero-order chi connectivity index (χ0) is 16.2. The topological polar surface area (TPSA) is 99.3 Å². The van der Waals surface area contributed by atoms with E-state index >= 15 is 0 Å². The summed E-state index contributed by atoms with van der Waals surface area (Å²) < 4.78 is 5.19. The van der Waals surface area contributed by atoms with Crippen LogP contribution in [-0.4, -0.2) is 53.6 Å². The van der Waals surface area contributed by atoms with Crippen molar-refractivity contribution in [1.82, 2.24) is 20.8 Å². The average molecular weight is 316 g/mol. The van der Waals surface area contributed by atoms with Crippen LogP contribution in [0, 0.1) is 0 Å². The van der Waals surface area contributed by atoms with E-state index in [2.05, 4.69) is 20.8 Å². The van der Waals surface area contributed by atoms with Crippen molar-refractivity contribution < 1.29 is 14.6 Å². The Hall–Kier alpha value is -2.38. The van der Waals surface area contributed by atoms with Crippen LogP contribution in [0.3, 0.4) is 0 Å². The molecule has 2 aromatic rings. The van der Waals surface area contributed by atoms with Crippen LogP contribution in [0.15, 0.2) is 30.3 Å². The van der Waals surface area contributed by atoms with Gasteiger partial charge in [0.25, 0.3) is 5.91 Å². The summed E-state index contributed by atoms with van der Waals surface area (Å²) in [4.78, 5) is 12.3. The van der Waals surface area contributed by atoms with Crippen molar-refractivity contribution in [3.8, 4) is 17.0 Å². The number of nitrogens with one attached hydrogen (secondary N) is 3. The van der Waals surface area contributed by atoms with Gasteiger partial charge in [-0.2, -0.15) is 5.10 Å². The zero-order valence-electron chi connectivity index (χ0n) is 12.9. The number of ether oxygens (including phenoxy) is 1. The molecule has 0 bridgehead atoms. The second kappa shape index (κ2) is 6.80. The summed E-state index contributed by atoms with van der Waals surface area (Å²) in [6.07, 6.45) is 0.101. The summed E-state index contributed by atoms with van der Waals surface area (Å²) in [7, 11) is 1.60. The average Bonchev–Trinajstić information content (AvgIpc) is 3.07. The fraction of sp³-hybridized carbons (Fsp3) is 0.375. The molecule has 2 unspecified atom stereocenters. The highest BCUT2D eigenvalue weighted by Gasteiger charge is 2.25. The van der Waals surface area contributed by atoms with E-state index in [0.29, 0.717) is 24.4 Å². The fourth-order valence-corrected chi connectivity index (χ4v) is 2.61. The highest BCUT2D eigenvalue weighted by molar-refractivity contribution is 5.93. The van der Waals surface area contributed by atoms with Crippen molar-refractivity contribution in [3.63, 3.8) is 0 Å². The van der Waals surface area contributed by atoms with E-state index in [9.17, 15) is 9.90 Å². The van der Waals surface area contributed by atoms with Gasteiger partial charge in [0.15, 0.2) is 0 Å². The first-order valence-electron chi connectivity index (χ1n) is 7.57. The molecule has 0 aliphatic carbocycles. The highest BCUT2D eigenvalue weighted by Crippen LogP contribution is 2.22. The third-order valence-corrected chi connectivity index (χ3v) is 3.95. The van der Waals surface area contributed by atoms with Crippen molar-refractivity contribution in [2.75, 3.05) is 20.2 Å². The summed E-state index contributed by atoms with van der Waals surface area (Å²) in [6.45, 7) is 1.32. The van der Waals surface area contributed by atoms with E-state index in [4.69, 9.17) is 4.74 Å². The van der Waals surface area contributed by atoms with Crippen molar-refractivity contribution in [3.05, 3.63) is 36.0 Å². The molecule has 1 aliphatic rings. The molecule has 1 amide bonds. The van der Waals surface area contributed by atoms with E-state index in [1.165, 1.54) is 0 Å². The van der Waals surface area contributed by atoms with Crippen LogP contribution in [-0.2, 0) is 0 Å². The van der Waals surface area contributed by atoms with E-state index in [0.717, 1.165) is 17.9 Å². The number of carbonyl (C=O) groups excluding carboxylic acids is 1. The fourth-order valence-electron chi connectivity index (χ4n) is 2.61. The van der Waals surface area contributed by atoms with Gasteiger partial charge < -0.3 is 20.5 Å². The molecule has 1 saturated heterocycles. The maximum Gasteiger partial charge on any atom is 0.269 e. The monoisotopic (exact) mass is 316 g/mol. The highest BCUT2D eigenvalue weighted by atomic mass is 16.5. The summed E-state index contributed by atoms with van der Waals surface area (Å²) in [5, 5.41) is 22.8. The molecule has 2 heterocycles. The number of hydrogen-bond acceptors (Lipinski definition) is 5. The molecule has 0 radical (unpaired) electrons. The molecule has 23 heavy (non-hydrogen) atoms. The van der Waals surface area contributed by atoms with Gasteiger partial charge in [0, 0.05) is 12.1 Å². The van der Waals surface area contributed by atoms with Crippen LogP contribution >= 0.6 is 0 Å². The number of aromatic amines is 1. The van der Waals surface area contributed by atoms with Gasteiger partial charge in [0.05, 0.1) is 24.9 Å². The number of aliphatic hydroxyl groups is 1. The SMILES string of the molecule is COc1cccc(-c2cc(C(=O)NC3CNCCC3O)[nH]n2)c1. The van der Waals surface area contributed by atoms with E-state index in [-0.39, 0.29) is 11.9 Å². The number of methoxy groups -OCH3 is 1. The molecule has 1 aromatic heterocycles. The van der Waals surface area contributed by atoms with Crippen molar-refractivity contribution in [2.45, 2.75) is 18.6 Å². The van der Waals surface area contributed by atoms with Crippen molar-refractivity contribution in [1.29, 1.82) is 0 Å². The summed E-state index contributed by atoms with van der Waals surface area (Å²) >= 11 is 0. The van der Waals surface area contributed by atoms with Crippen LogP contribution in [0.1, 0.15) is 16.9 Å². The minimum atomic E-state index is -0.527. The molecule has 1 aromatic carbocycles. The number of aromatic nitrogens is 2. The minimum Gasteiger partial charge on any atom is -0.497 e. The first-order valence-corrected chi connectivity index (χ1v) is 7.57. The number of aliphatic hydroxyl groups excluding tert-OH is 1. The van der Waals surface area contributed by atoms with Crippen molar-refractivity contribution >= 4 is 5.91 Å². The van der Waals surface area contributed by atoms with Crippen LogP contribution in [0.4, 0.5) is 0 Å². The standard InChI is InChI=1S/C16H20N4O3/c1-23-11-4-2-3-10(7-11)12-8-13(20-19-12)16(22)18-14-9-17-6-5-15(14)21/h2-4,7-8,14-15,17,21H,5-6,9H2,1H3,(H,18,22)(H,19,20). The molecule has 0 spiro atoms. The number of benzene rings is 1. The smallest absolute Gasteiger partial charge is 0.269 e. The lowest BCUT2D eigenvalue weighted by Crippen LogP contribution is -2.53. The number of hydrogen-bond donors (Lipinski definition) is 4. The molecule has 2 atom stereocenters. The van der Waals surface area contributed by atoms with Crippen LogP contribution in [0.2, 0.25) is 0 Å². The summed E-state index contributed by atoms with van der Waals surface area (Å²) in [6, 6.07) is 8.86. The number of carbonyl (C=O) groups is 1. The zero-order valence-corrected chi connectivity index (χ0v) is 12.9. The molecule has 1 aliphatic heterocycles. The van der Waals surface area contributed by atoms with Gasteiger partial charge in [0.2, 0.25) is 0 Å². The molecule has 4 N–H and O–H groups in total.